The van der Waals surface area contributed by atoms with Crippen LogP contribution in [0.25, 0.3) is 0 Å². The molecule has 1 amide bonds. The molecule has 1 aromatic heterocycles. The molecule has 0 saturated heterocycles. The van der Waals surface area contributed by atoms with Gasteiger partial charge in [0.25, 0.3) is 0 Å². The minimum Gasteiger partial charge on any atom is -0.388 e. The summed E-state index contributed by atoms with van der Waals surface area (Å²) >= 11 is 1.13. The number of carbonyl (C=O) groups is 1. The molecule has 17 heavy (non-hydrogen) atoms. The third-order valence-electron chi connectivity index (χ3n) is 2.56. The topological polar surface area (TPSA) is 83.0 Å². The fraction of sp³-hybridized carbons (Fsp3) is 0.545. The number of hydrogen-bond acceptors (Lipinski definition) is 5. The molecule has 2 N–H and O–H groups in total. The highest BCUT2D eigenvalue weighted by Crippen LogP contribution is 2.20. The monoisotopic (exact) mass is 252 g/mol. The molecule has 92 valence electrons. The Balaban J connectivity index is 2.66. The van der Waals surface area contributed by atoms with Crippen LogP contribution >= 0.6 is 11.5 Å². The second-order valence-corrected chi connectivity index (χ2v) is 4.36. The molecule has 1 heterocycles. The molecule has 0 atom stereocenters. The zero-order valence-electron chi connectivity index (χ0n) is 10.1. The van der Waals surface area contributed by atoms with Gasteiger partial charge in [0.1, 0.15) is 16.6 Å². The summed E-state index contributed by atoms with van der Waals surface area (Å²) in [5.41, 5.74) is 6.78. The van der Waals surface area contributed by atoms with Gasteiger partial charge >= 0.3 is 0 Å². The van der Waals surface area contributed by atoms with Crippen molar-refractivity contribution in [3.63, 3.8) is 0 Å². The van der Waals surface area contributed by atoms with Gasteiger partial charge in [0.15, 0.2) is 0 Å². The summed E-state index contributed by atoms with van der Waals surface area (Å²) in [6.45, 7) is 5.04. The molecular weight excluding hydrogens is 236 g/mol. The number of nitrogens with zero attached hydrogens (tertiary/aromatic N) is 3. The summed E-state index contributed by atoms with van der Waals surface area (Å²) in [5, 5.41) is 9.37. The molecular formula is C11H16N4OS. The van der Waals surface area contributed by atoms with E-state index in [4.69, 9.17) is 11.0 Å². The molecule has 0 aliphatic carbocycles. The van der Waals surface area contributed by atoms with Crippen molar-refractivity contribution < 1.29 is 4.79 Å². The van der Waals surface area contributed by atoms with Crippen molar-refractivity contribution in [1.82, 2.24) is 9.27 Å². The lowest BCUT2D eigenvalue weighted by molar-refractivity contribution is -0.130. The molecule has 0 aliphatic rings. The number of nitrogens with two attached hydrogens (primary N) is 1. The van der Waals surface area contributed by atoms with Gasteiger partial charge in [-0.2, -0.15) is 9.64 Å². The van der Waals surface area contributed by atoms with Crippen molar-refractivity contribution in [3.8, 4) is 6.07 Å². The number of likely N-dealkylation sites (N-methyl/N-ethyl adjacent to an activating group) is 1. The predicted octanol–water partition coefficient (Wildman–Crippen LogP) is 1.40. The largest absolute Gasteiger partial charge is 0.388 e. The Morgan fingerprint density at radius 2 is 2.29 bits per heavy atom. The Bertz CT molecular complexity index is 435. The van der Waals surface area contributed by atoms with E-state index in [-0.39, 0.29) is 5.91 Å². The second-order valence-electron chi connectivity index (χ2n) is 3.56. The van der Waals surface area contributed by atoms with Gasteiger partial charge in [-0.15, -0.1) is 0 Å². The van der Waals surface area contributed by atoms with Crippen LogP contribution in [0.4, 0.5) is 5.00 Å². The summed E-state index contributed by atoms with van der Waals surface area (Å²) in [7, 11) is 0. The van der Waals surface area contributed by atoms with Crippen molar-refractivity contribution >= 4 is 22.4 Å². The van der Waals surface area contributed by atoms with Gasteiger partial charge in [0.05, 0.1) is 5.69 Å². The number of nitriles is 1. The van der Waals surface area contributed by atoms with E-state index in [2.05, 4.69) is 4.37 Å². The summed E-state index contributed by atoms with van der Waals surface area (Å²) < 4.78 is 4.13. The number of rotatable bonds is 5. The van der Waals surface area contributed by atoms with Crippen molar-refractivity contribution in [2.24, 2.45) is 0 Å². The lowest BCUT2D eigenvalue weighted by atomic mass is 10.2. The quantitative estimate of drug-likeness (QED) is 0.858. The van der Waals surface area contributed by atoms with Crippen molar-refractivity contribution in [2.45, 2.75) is 26.7 Å². The summed E-state index contributed by atoms with van der Waals surface area (Å²) in [6.07, 6.45) is 1.08. The van der Waals surface area contributed by atoms with Gasteiger partial charge < -0.3 is 10.6 Å². The highest BCUT2D eigenvalue weighted by atomic mass is 32.1. The molecule has 0 saturated carbocycles. The van der Waals surface area contributed by atoms with E-state index in [9.17, 15) is 4.79 Å². The third kappa shape index (κ3) is 3.17. The lowest BCUT2D eigenvalue weighted by Crippen LogP contribution is -2.32. The fourth-order valence-corrected chi connectivity index (χ4v) is 2.20. The smallest absolute Gasteiger partial charge is 0.222 e. The molecule has 1 aromatic rings. The lowest BCUT2D eigenvalue weighted by Gasteiger charge is -2.19. The predicted molar refractivity (Wildman–Crippen MR) is 67.5 cm³/mol. The average molecular weight is 252 g/mol. The average Bonchev–Trinajstić information content (AvgIpc) is 2.70. The number of carbonyl (C=O) groups excluding carboxylic acids is 1. The van der Waals surface area contributed by atoms with Gasteiger partial charge in [-0.25, -0.2) is 0 Å². The molecule has 0 spiro atoms. The normalized spacial score (nSPS) is 9.94. The van der Waals surface area contributed by atoms with Crippen LogP contribution in [0.15, 0.2) is 0 Å². The van der Waals surface area contributed by atoms with Crippen LogP contribution in [-0.2, 0) is 11.2 Å². The Morgan fingerprint density at radius 3 is 2.82 bits per heavy atom. The van der Waals surface area contributed by atoms with E-state index in [0.29, 0.717) is 42.2 Å². The molecule has 1 rings (SSSR count). The van der Waals surface area contributed by atoms with Gasteiger partial charge in [0, 0.05) is 25.9 Å². The summed E-state index contributed by atoms with van der Waals surface area (Å²) in [6, 6.07) is 2.05. The van der Waals surface area contributed by atoms with Crippen molar-refractivity contribution in [2.75, 3.05) is 18.8 Å². The van der Waals surface area contributed by atoms with Crippen LogP contribution in [-0.4, -0.2) is 28.3 Å². The van der Waals surface area contributed by atoms with Crippen LogP contribution in [0.2, 0.25) is 0 Å². The zero-order valence-corrected chi connectivity index (χ0v) is 10.9. The van der Waals surface area contributed by atoms with E-state index in [0.717, 1.165) is 11.5 Å². The Labute approximate surface area is 105 Å². The third-order valence-corrected chi connectivity index (χ3v) is 3.27. The fourth-order valence-electron chi connectivity index (χ4n) is 1.55. The van der Waals surface area contributed by atoms with Crippen LogP contribution < -0.4 is 5.73 Å². The maximum absolute atomic E-state index is 11.5. The van der Waals surface area contributed by atoms with E-state index in [1.165, 1.54) is 0 Å². The Kier molecular flexibility index (Phi) is 4.91. The van der Waals surface area contributed by atoms with Gasteiger partial charge in [0.2, 0.25) is 5.91 Å². The van der Waals surface area contributed by atoms with Crippen molar-refractivity contribution in [3.05, 3.63) is 11.3 Å². The Morgan fingerprint density at radius 1 is 1.59 bits per heavy atom. The number of hydrogen-bond donors (Lipinski definition) is 1. The van der Waals surface area contributed by atoms with E-state index >= 15 is 0 Å². The molecule has 0 unspecified atom stereocenters. The highest BCUT2D eigenvalue weighted by Gasteiger charge is 2.14. The zero-order chi connectivity index (χ0) is 12.8. The molecule has 0 aliphatic heterocycles. The van der Waals surface area contributed by atoms with Crippen LogP contribution in [0.1, 0.15) is 31.5 Å². The first-order chi connectivity index (χ1) is 8.13. The molecule has 0 fully saturated rings. The minimum atomic E-state index is 0.120. The standard InChI is InChI=1S/C11H16N4OS/c1-3-10(16)15(4-2)6-5-9-8(7-12)11(13)17-14-9/h3-6,13H2,1-2H3. The molecule has 0 radical (unpaired) electrons. The van der Waals surface area contributed by atoms with Crippen LogP contribution in [0.5, 0.6) is 0 Å². The van der Waals surface area contributed by atoms with Crippen molar-refractivity contribution in [1.29, 1.82) is 5.26 Å². The number of aromatic nitrogens is 1. The first-order valence-corrected chi connectivity index (χ1v) is 6.33. The van der Waals surface area contributed by atoms with E-state index < -0.39 is 0 Å². The number of anilines is 1. The summed E-state index contributed by atoms with van der Waals surface area (Å²) in [4.78, 5) is 13.3. The van der Waals surface area contributed by atoms with Crippen LogP contribution in [0.3, 0.4) is 0 Å². The second kappa shape index (κ2) is 6.21. The molecule has 0 aromatic carbocycles. The number of nitrogen functional groups attached to an aromatic ring is 1. The Hall–Kier alpha value is -1.61. The first-order valence-electron chi connectivity index (χ1n) is 5.55. The molecule has 6 heteroatoms. The molecule has 0 bridgehead atoms. The maximum Gasteiger partial charge on any atom is 0.222 e. The maximum atomic E-state index is 11.5. The van der Waals surface area contributed by atoms with Gasteiger partial charge in [-0.05, 0) is 18.5 Å². The SMILES string of the molecule is CCC(=O)N(CC)CCc1nsc(N)c1C#N. The van der Waals surface area contributed by atoms with Gasteiger partial charge in [-0.1, -0.05) is 6.92 Å². The van der Waals surface area contributed by atoms with Crippen LogP contribution in [0, 0.1) is 11.3 Å². The summed E-state index contributed by atoms with van der Waals surface area (Å²) in [5.74, 6) is 0.120. The minimum absolute atomic E-state index is 0.120. The first kappa shape index (κ1) is 13.5. The number of amides is 1. The van der Waals surface area contributed by atoms with E-state index in [1.54, 1.807) is 4.90 Å². The highest BCUT2D eigenvalue weighted by molar-refractivity contribution is 7.10. The van der Waals surface area contributed by atoms with Gasteiger partial charge in [-0.3, -0.25) is 4.79 Å². The molecule has 5 nitrogen and oxygen atoms in total. The van der Waals surface area contributed by atoms with E-state index in [1.807, 2.05) is 19.9 Å².